The molecule has 19 heavy (non-hydrogen) atoms. The zero-order valence-electron chi connectivity index (χ0n) is 11.8. The topological polar surface area (TPSA) is 15.3 Å². The van der Waals surface area contributed by atoms with Crippen LogP contribution in [0.2, 0.25) is 0 Å². The van der Waals surface area contributed by atoms with Crippen molar-refractivity contribution in [1.29, 1.82) is 0 Å². The summed E-state index contributed by atoms with van der Waals surface area (Å²) in [6.07, 6.45) is 1.17. The predicted molar refractivity (Wildman–Crippen MR) is 90.4 cm³/mol. The maximum absolute atomic E-state index is 3.73. The van der Waals surface area contributed by atoms with Crippen LogP contribution in [0.15, 0.2) is 22.7 Å². The van der Waals surface area contributed by atoms with Gasteiger partial charge in [-0.2, -0.15) is 11.8 Å². The average molecular weight is 343 g/mol. The highest BCUT2D eigenvalue weighted by Gasteiger charge is 2.14. The van der Waals surface area contributed by atoms with E-state index in [0.717, 1.165) is 6.54 Å². The van der Waals surface area contributed by atoms with E-state index < -0.39 is 0 Å². The molecule has 1 aromatic carbocycles. The van der Waals surface area contributed by atoms with Gasteiger partial charge in [-0.1, -0.05) is 28.9 Å². The number of halogens is 1. The highest BCUT2D eigenvalue weighted by atomic mass is 79.9. The molecule has 0 saturated carbocycles. The summed E-state index contributed by atoms with van der Waals surface area (Å²) in [7, 11) is 0. The second kappa shape index (κ2) is 7.55. The van der Waals surface area contributed by atoms with Gasteiger partial charge in [-0.25, -0.2) is 0 Å². The largest absolute Gasteiger partial charge is 0.370 e. The molecular formula is C15H23BrN2S. The Balaban J connectivity index is 2.07. The Morgan fingerprint density at radius 2 is 2.11 bits per heavy atom. The average Bonchev–Trinajstić information content (AvgIpc) is 2.45. The fourth-order valence-corrected chi connectivity index (χ4v) is 3.97. The van der Waals surface area contributed by atoms with Crippen LogP contribution in [-0.4, -0.2) is 31.1 Å². The van der Waals surface area contributed by atoms with Gasteiger partial charge in [0, 0.05) is 40.8 Å². The zero-order chi connectivity index (χ0) is 13.7. The maximum atomic E-state index is 3.73. The van der Waals surface area contributed by atoms with E-state index in [1.165, 1.54) is 46.7 Å². The molecule has 0 bridgehead atoms. The first-order valence-electron chi connectivity index (χ1n) is 7.08. The lowest BCUT2D eigenvalue weighted by Crippen LogP contribution is -2.32. The molecule has 4 heteroatoms. The Hall–Kier alpha value is -0.190. The fraction of sp³-hybridized carbons (Fsp3) is 0.600. The lowest BCUT2D eigenvalue weighted by Gasteiger charge is -2.29. The summed E-state index contributed by atoms with van der Waals surface area (Å²) in [6.45, 7) is 7.83. The van der Waals surface area contributed by atoms with Gasteiger partial charge in [0.05, 0.1) is 0 Å². The highest BCUT2D eigenvalue weighted by Crippen LogP contribution is 2.29. The lowest BCUT2D eigenvalue weighted by molar-refractivity contribution is 0.569. The molecule has 0 radical (unpaired) electrons. The second-order valence-electron chi connectivity index (χ2n) is 4.98. The molecule has 2 rings (SSSR count). The van der Waals surface area contributed by atoms with E-state index in [9.17, 15) is 0 Å². The van der Waals surface area contributed by atoms with Crippen molar-refractivity contribution in [3.05, 3.63) is 28.2 Å². The first-order chi connectivity index (χ1) is 9.22. The van der Waals surface area contributed by atoms with Gasteiger partial charge in [0.1, 0.15) is 0 Å². The van der Waals surface area contributed by atoms with Crippen molar-refractivity contribution in [3.8, 4) is 0 Å². The van der Waals surface area contributed by atoms with Gasteiger partial charge in [0.25, 0.3) is 0 Å². The van der Waals surface area contributed by atoms with Gasteiger partial charge >= 0.3 is 0 Å². The van der Waals surface area contributed by atoms with Crippen molar-refractivity contribution >= 4 is 33.4 Å². The smallest absolute Gasteiger partial charge is 0.0378 e. The number of rotatable bonds is 5. The maximum Gasteiger partial charge on any atom is 0.0378 e. The minimum atomic E-state index is 0.403. The summed E-state index contributed by atoms with van der Waals surface area (Å²) in [4.78, 5) is 2.48. The summed E-state index contributed by atoms with van der Waals surface area (Å²) >= 11 is 5.79. The monoisotopic (exact) mass is 342 g/mol. The third-order valence-corrected chi connectivity index (χ3v) is 5.16. The van der Waals surface area contributed by atoms with Gasteiger partial charge in [-0.15, -0.1) is 0 Å². The van der Waals surface area contributed by atoms with Gasteiger partial charge in [0.2, 0.25) is 0 Å². The van der Waals surface area contributed by atoms with Crippen molar-refractivity contribution in [1.82, 2.24) is 5.32 Å². The molecule has 1 aliphatic heterocycles. The number of anilines is 1. The molecule has 0 spiro atoms. The molecule has 1 unspecified atom stereocenters. The minimum Gasteiger partial charge on any atom is -0.370 e. The number of nitrogens with one attached hydrogen (secondary N) is 1. The molecule has 106 valence electrons. The van der Waals surface area contributed by atoms with Crippen molar-refractivity contribution in [2.45, 2.75) is 26.3 Å². The van der Waals surface area contributed by atoms with E-state index in [1.807, 2.05) is 0 Å². The van der Waals surface area contributed by atoms with E-state index in [0.29, 0.717) is 6.04 Å². The van der Waals surface area contributed by atoms with Crippen LogP contribution in [0.3, 0.4) is 0 Å². The van der Waals surface area contributed by atoms with Crippen LogP contribution in [0.5, 0.6) is 0 Å². The molecule has 1 saturated heterocycles. The molecule has 1 aromatic rings. The number of thioether (sulfide) groups is 1. The van der Waals surface area contributed by atoms with Gasteiger partial charge in [-0.3, -0.25) is 0 Å². The lowest BCUT2D eigenvalue weighted by atomic mass is 10.1. The van der Waals surface area contributed by atoms with Gasteiger partial charge < -0.3 is 10.2 Å². The fourth-order valence-electron chi connectivity index (χ4n) is 2.36. The zero-order valence-corrected chi connectivity index (χ0v) is 14.2. The van der Waals surface area contributed by atoms with E-state index >= 15 is 0 Å². The third kappa shape index (κ3) is 4.14. The summed E-state index contributed by atoms with van der Waals surface area (Å²) in [5.41, 5.74) is 2.70. The van der Waals surface area contributed by atoms with Crippen molar-refractivity contribution in [3.63, 3.8) is 0 Å². The van der Waals surface area contributed by atoms with Crippen molar-refractivity contribution in [2.75, 3.05) is 36.0 Å². The summed E-state index contributed by atoms with van der Waals surface area (Å²) in [5.74, 6) is 2.49. The Labute approximate surface area is 129 Å². The van der Waals surface area contributed by atoms with Crippen molar-refractivity contribution in [2.24, 2.45) is 0 Å². The molecule has 1 atom stereocenters. The number of benzene rings is 1. The molecule has 1 fully saturated rings. The van der Waals surface area contributed by atoms with Crippen LogP contribution >= 0.6 is 27.7 Å². The molecule has 0 aromatic heterocycles. The molecule has 1 aliphatic rings. The first-order valence-corrected chi connectivity index (χ1v) is 9.02. The van der Waals surface area contributed by atoms with E-state index in [-0.39, 0.29) is 0 Å². The van der Waals surface area contributed by atoms with Crippen LogP contribution in [-0.2, 0) is 0 Å². The third-order valence-electron chi connectivity index (χ3n) is 3.53. The van der Waals surface area contributed by atoms with E-state index in [2.05, 4.69) is 70.0 Å². The standard InChI is InChI=1S/C15H23BrN2S/c1-3-6-17-12(2)14-5-4-13(11-15(14)16)18-7-9-19-10-8-18/h4-5,11-12,17H,3,6-10H2,1-2H3. The Bertz CT molecular complexity index is 405. The normalized spacial score (nSPS) is 17.5. The van der Waals surface area contributed by atoms with Crippen LogP contribution in [0.1, 0.15) is 31.9 Å². The molecule has 0 amide bonds. The van der Waals surface area contributed by atoms with Gasteiger partial charge in [-0.05, 0) is 37.6 Å². The Morgan fingerprint density at radius 3 is 2.74 bits per heavy atom. The molecular weight excluding hydrogens is 320 g/mol. The molecule has 0 aliphatic carbocycles. The number of nitrogens with zero attached hydrogens (tertiary/aromatic N) is 1. The second-order valence-corrected chi connectivity index (χ2v) is 7.06. The van der Waals surface area contributed by atoms with Crippen LogP contribution in [0.4, 0.5) is 5.69 Å². The molecule has 2 nitrogen and oxygen atoms in total. The predicted octanol–water partition coefficient (Wildman–Crippen LogP) is 4.06. The summed E-state index contributed by atoms with van der Waals surface area (Å²) in [5, 5.41) is 3.54. The summed E-state index contributed by atoms with van der Waals surface area (Å²) < 4.78 is 1.22. The highest BCUT2D eigenvalue weighted by molar-refractivity contribution is 9.10. The minimum absolute atomic E-state index is 0.403. The van der Waals surface area contributed by atoms with E-state index in [4.69, 9.17) is 0 Å². The quantitative estimate of drug-likeness (QED) is 0.868. The van der Waals surface area contributed by atoms with Crippen LogP contribution in [0, 0.1) is 0 Å². The Kier molecular flexibility index (Phi) is 6.05. The number of hydrogen-bond acceptors (Lipinski definition) is 3. The summed E-state index contributed by atoms with van der Waals surface area (Å²) in [6, 6.07) is 7.20. The molecule has 1 N–H and O–H groups in total. The molecule has 1 heterocycles. The van der Waals surface area contributed by atoms with Gasteiger partial charge in [0.15, 0.2) is 0 Å². The SMILES string of the molecule is CCCNC(C)c1ccc(N2CCSCC2)cc1Br. The Morgan fingerprint density at radius 1 is 1.37 bits per heavy atom. The number of hydrogen-bond donors (Lipinski definition) is 1. The van der Waals surface area contributed by atoms with Crippen molar-refractivity contribution < 1.29 is 0 Å². The first kappa shape index (κ1) is 15.2. The van der Waals surface area contributed by atoms with Crippen LogP contribution < -0.4 is 10.2 Å². The van der Waals surface area contributed by atoms with Crippen LogP contribution in [0.25, 0.3) is 0 Å². The van der Waals surface area contributed by atoms with E-state index in [1.54, 1.807) is 0 Å².